The van der Waals surface area contributed by atoms with Crippen LogP contribution in [0.25, 0.3) is 54.6 Å². The van der Waals surface area contributed by atoms with Crippen molar-refractivity contribution in [1.29, 1.82) is 0 Å². The van der Waals surface area contributed by atoms with E-state index in [4.69, 9.17) is 0 Å². The van der Waals surface area contributed by atoms with Gasteiger partial charge in [0.2, 0.25) is 0 Å². The van der Waals surface area contributed by atoms with E-state index in [1.165, 1.54) is 54.6 Å². The normalized spacial score (nSPS) is 11.2. The lowest BCUT2D eigenvalue weighted by molar-refractivity contribution is 1.54. The predicted octanol–water partition coefficient (Wildman–Crippen LogP) is 8.81. The van der Waals surface area contributed by atoms with Crippen molar-refractivity contribution in [3.05, 3.63) is 115 Å². The smallest absolute Gasteiger partial charge is 0.0622 e. The Morgan fingerprint density at radius 3 is 1.44 bits per heavy atom. The third-order valence-electron chi connectivity index (χ3n) is 6.32. The van der Waals surface area contributed by atoms with E-state index < -0.39 is 0 Å². The molecule has 1 heteroatoms. The molecule has 6 rings (SSSR count). The van der Waals surface area contributed by atoms with E-state index in [0.717, 1.165) is 5.69 Å². The quantitative estimate of drug-likeness (QED) is 0.205. The molecule has 0 saturated carbocycles. The average molecular weight is 408 g/mol. The van der Waals surface area contributed by atoms with Crippen molar-refractivity contribution in [1.82, 2.24) is 0 Å². The van der Waals surface area contributed by atoms with E-state index >= 15 is 0 Å². The van der Waals surface area contributed by atoms with E-state index in [1.54, 1.807) is 0 Å². The molecule has 0 heterocycles. The number of fused-ring (bicyclic) bond motifs is 6. The molecule has 0 aliphatic carbocycles. The molecule has 0 radical (unpaired) electrons. The highest BCUT2D eigenvalue weighted by Gasteiger charge is 2.10. The fourth-order valence-electron chi connectivity index (χ4n) is 4.72. The van der Waals surface area contributed by atoms with Gasteiger partial charge in [-0.05, 0) is 85.6 Å². The van der Waals surface area contributed by atoms with Gasteiger partial charge in [0.15, 0.2) is 0 Å². The predicted molar refractivity (Wildman–Crippen MR) is 139 cm³/mol. The third-order valence-corrected chi connectivity index (χ3v) is 6.32. The fourth-order valence-corrected chi connectivity index (χ4v) is 4.72. The van der Waals surface area contributed by atoms with E-state index in [1.807, 2.05) is 12.1 Å². The molecule has 0 N–H and O–H groups in total. The first-order valence-electron chi connectivity index (χ1n) is 10.8. The zero-order valence-corrected chi connectivity index (χ0v) is 17.6. The number of aliphatic imine (C=N–C) groups is 1. The van der Waals surface area contributed by atoms with Crippen LogP contribution < -0.4 is 0 Å². The van der Waals surface area contributed by atoms with E-state index in [2.05, 4.69) is 115 Å². The minimum atomic E-state index is 0.888. The molecule has 1 nitrogen and oxygen atoms in total. The maximum Gasteiger partial charge on any atom is 0.0622 e. The van der Waals surface area contributed by atoms with Crippen LogP contribution in [0.3, 0.4) is 0 Å². The molecular weight excluding hydrogens is 386 g/mol. The van der Waals surface area contributed by atoms with Gasteiger partial charge in [-0.1, -0.05) is 91.0 Å². The molecule has 0 atom stereocenters. The summed E-state index contributed by atoms with van der Waals surface area (Å²) in [5.41, 5.74) is 5.70. The Kier molecular flexibility index (Phi) is 4.33. The Labute approximate surface area is 187 Å². The first-order chi connectivity index (χ1) is 15.8. The number of rotatable bonds is 3. The first kappa shape index (κ1) is 18.5. The molecule has 0 aliphatic heterocycles. The summed E-state index contributed by atoms with van der Waals surface area (Å²) >= 11 is 0. The molecule has 0 spiro atoms. The average Bonchev–Trinajstić information content (AvgIpc) is 2.89. The topological polar surface area (TPSA) is 12.4 Å². The summed E-state index contributed by atoms with van der Waals surface area (Å²) in [6.07, 6.45) is 0. The number of hydrogen-bond donors (Lipinski definition) is 0. The minimum absolute atomic E-state index is 0.888. The molecule has 0 unspecified atom stereocenters. The molecule has 0 fully saturated rings. The van der Waals surface area contributed by atoms with E-state index in [-0.39, 0.29) is 0 Å². The third kappa shape index (κ3) is 2.99. The molecule has 32 heavy (non-hydrogen) atoms. The van der Waals surface area contributed by atoms with Crippen molar-refractivity contribution < 1.29 is 0 Å². The molecule has 0 bridgehead atoms. The summed E-state index contributed by atoms with van der Waals surface area (Å²) in [4.78, 5) is 4.00. The Morgan fingerprint density at radius 1 is 0.375 bits per heavy atom. The monoisotopic (exact) mass is 407 g/mol. The molecule has 6 aromatic rings. The van der Waals surface area contributed by atoms with Gasteiger partial charge in [0.05, 0.1) is 5.69 Å². The van der Waals surface area contributed by atoms with E-state index in [0.29, 0.717) is 0 Å². The van der Waals surface area contributed by atoms with Crippen LogP contribution >= 0.6 is 0 Å². The van der Waals surface area contributed by atoms with Crippen molar-refractivity contribution in [3.63, 3.8) is 0 Å². The lowest BCUT2D eigenvalue weighted by Crippen LogP contribution is -1.85. The highest BCUT2D eigenvalue weighted by atomic mass is 14.7. The Morgan fingerprint density at radius 2 is 0.844 bits per heavy atom. The molecular formula is C31H21N. The standard InChI is InChI=1S/C31H21N/c1-32-25-16-13-21(14-17-25)22-7-6-8-23(19-22)24-15-18-30-28-11-3-2-9-26(28)27-10-4-5-12-29(27)31(30)20-24/h2-20H,1H2. The van der Waals surface area contributed by atoms with Gasteiger partial charge in [0.25, 0.3) is 0 Å². The van der Waals surface area contributed by atoms with Crippen molar-refractivity contribution in [3.8, 4) is 22.3 Å². The highest BCUT2D eigenvalue weighted by molar-refractivity contribution is 6.25. The number of benzene rings is 6. The summed E-state index contributed by atoms with van der Waals surface area (Å²) in [6.45, 7) is 3.60. The maximum absolute atomic E-state index is 4.00. The second-order valence-electron chi connectivity index (χ2n) is 8.14. The SMILES string of the molecule is C=Nc1ccc(-c2cccc(-c3ccc4c5ccccc5c5ccccc5c4c3)c2)cc1. The van der Waals surface area contributed by atoms with Crippen LogP contribution in [0.4, 0.5) is 5.69 Å². The van der Waals surface area contributed by atoms with Gasteiger partial charge in [-0.15, -0.1) is 0 Å². The molecule has 0 saturated heterocycles. The van der Waals surface area contributed by atoms with Crippen LogP contribution in [-0.4, -0.2) is 6.72 Å². The summed E-state index contributed by atoms with van der Waals surface area (Å²) in [6, 6.07) is 41.2. The zero-order valence-electron chi connectivity index (χ0n) is 17.6. The number of hydrogen-bond acceptors (Lipinski definition) is 1. The largest absolute Gasteiger partial charge is 0.265 e. The lowest BCUT2D eigenvalue weighted by atomic mass is 9.91. The molecule has 0 amide bonds. The van der Waals surface area contributed by atoms with Crippen LogP contribution in [0.2, 0.25) is 0 Å². The van der Waals surface area contributed by atoms with Crippen LogP contribution in [-0.2, 0) is 0 Å². The van der Waals surface area contributed by atoms with Gasteiger partial charge in [0, 0.05) is 0 Å². The summed E-state index contributed by atoms with van der Waals surface area (Å²) in [5, 5.41) is 7.81. The highest BCUT2D eigenvalue weighted by Crippen LogP contribution is 2.37. The van der Waals surface area contributed by atoms with Crippen molar-refractivity contribution in [2.45, 2.75) is 0 Å². The Balaban J connectivity index is 1.55. The number of nitrogens with zero attached hydrogens (tertiary/aromatic N) is 1. The van der Waals surface area contributed by atoms with Gasteiger partial charge in [-0.2, -0.15) is 0 Å². The molecule has 6 aromatic carbocycles. The van der Waals surface area contributed by atoms with Crippen LogP contribution in [0.1, 0.15) is 0 Å². The summed E-state index contributed by atoms with van der Waals surface area (Å²) < 4.78 is 0. The first-order valence-corrected chi connectivity index (χ1v) is 10.8. The van der Waals surface area contributed by atoms with Gasteiger partial charge in [0.1, 0.15) is 0 Å². The zero-order chi connectivity index (χ0) is 21.5. The molecule has 0 aromatic heterocycles. The van der Waals surface area contributed by atoms with Crippen LogP contribution in [0, 0.1) is 0 Å². The minimum Gasteiger partial charge on any atom is -0.265 e. The van der Waals surface area contributed by atoms with Crippen molar-refractivity contribution >= 4 is 44.7 Å². The van der Waals surface area contributed by atoms with Crippen LogP contribution in [0.5, 0.6) is 0 Å². The lowest BCUT2D eigenvalue weighted by Gasteiger charge is -2.12. The van der Waals surface area contributed by atoms with E-state index in [9.17, 15) is 0 Å². The second-order valence-corrected chi connectivity index (χ2v) is 8.14. The summed E-state index contributed by atoms with van der Waals surface area (Å²) in [5.74, 6) is 0. The maximum atomic E-state index is 4.00. The van der Waals surface area contributed by atoms with Gasteiger partial charge in [-0.25, -0.2) is 0 Å². The Bertz CT molecular complexity index is 1590. The van der Waals surface area contributed by atoms with Crippen molar-refractivity contribution in [2.75, 3.05) is 0 Å². The van der Waals surface area contributed by atoms with Gasteiger partial charge < -0.3 is 0 Å². The van der Waals surface area contributed by atoms with Crippen molar-refractivity contribution in [2.24, 2.45) is 4.99 Å². The van der Waals surface area contributed by atoms with Crippen LogP contribution in [0.15, 0.2) is 120 Å². The molecule has 0 aliphatic rings. The molecule has 150 valence electrons. The van der Waals surface area contributed by atoms with Gasteiger partial charge in [-0.3, -0.25) is 4.99 Å². The Hall–Kier alpha value is -4.23. The summed E-state index contributed by atoms with van der Waals surface area (Å²) in [7, 11) is 0. The second kappa shape index (κ2) is 7.47. The van der Waals surface area contributed by atoms with Gasteiger partial charge >= 0.3 is 0 Å². The fraction of sp³-hybridized carbons (Fsp3) is 0.